The second-order valence-electron chi connectivity index (χ2n) is 8.21. The minimum Gasteiger partial charge on any atom is -0.497 e. The number of rotatable bonds is 7. The molecule has 172 valence electrons. The summed E-state index contributed by atoms with van der Waals surface area (Å²) >= 11 is 0. The van der Waals surface area contributed by atoms with Gasteiger partial charge in [0.1, 0.15) is 11.8 Å². The lowest BCUT2D eigenvalue weighted by molar-refractivity contribution is -0.124. The first-order valence-electron chi connectivity index (χ1n) is 11.2. The molecule has 1 unspecified atom stereocenters. The monoisotopic (exact) mass is 449 g/mol. The molecule has 9 nitrogen and oxygen atoms in total. The first kappa shape index (κ1) is 21.4. The van der Waals surface area contributed by atoms with Gasteiger partial charge in [-0.3, -0.25) is 24.0 Å². The minimum atomic E-state index is -0.629. The molecule has 1 saturated heterocycles. The van der Waals surface area contributed by atoms with Crippen molar-refractivity contribution in [2.24, 2.45) is 0 Å². The van der Waals surface area contributed by atoms with Gasteiger partial charge in [-0.1, -0.05) is 12.1 Å². The van der Waals surface area contributed by atoms with E-state index in [9.17, 15) is 9.59 Å². The van der Waals surface area contributed by atoms with Crippen LogP contribution in [0.15, 0.2) is 48.5 Å². The van der Waals surface area contributed by atoms with Crippen molar-refractivity contribution in [3.8, 4) is 5.75 Å². The van der Waals surface area contributed by atoms with E-state index in [4.69, 9.17) is 14.5 Å². The summed E-state index contributed by atoms with van der Waals surface area (Å²) in [5.74, 6) is 1.000. The number of nitrogens with one attached hydrogen (secondary N) is 1. The maximum atomic E-state index is 13.4. The first-order chi connectivity index (χ1) is 16.1. The second kappa shape index (κ2) is 9.21. The molecule has 2 aliphatic heterocycles. The van der Waals surface area contributed by atoms with Crippen LogP contribution >= 0.6 is 0 Å². The third kappa shape index (κ3) is 4.29. The highest BCUT2D eigenvalue weighted by Gasteiger charge is 2.40. The number of methoxy groups -OCH3 is 1. The van der Waals surface area contributed by atoms with Crippen LogP contribution in [-0.4, -0.2) is 72.8 Å². The molecule has 2 aromatic carbocycles. The van der Waals surface area contributed by atoms with Crippen molar-refractivity contribution in [3.05, 3.63) is 48.5 Å². The molecular formula is C24H27N5O4. The van der Waals surface area contributed by atoms with Gasteiger partial charge in [0.25, 0.3) is 5.91 Å². The van der Waals surface area contributed by atoms with Gasteiger partial charge in [0.05, 0.1) is 37.8 Å². The van der Waals surface area contributed by atoms with Crippen LogP contribution in [-0.2, 0) is 14.3 Å². The van der Waals surface area contributed by atoms with Crippen molar-refractivity contribution in [1.82, 2.24) is 14.5 Å². The lowest BCUT2D eigenvalue weighted by Gasteiger charge is -2.28. The summed E-state index contributed by atoms with van der Waals surface area (Å²) in [4.78, 5) is 35.1. The van der Waals surface area contributed by atoms with Gasteiger partial charge in [-0.2, -0.15) is 0 Å². The van der Waals surface area contributed by atoms with Crippen molar-refractivity contribution in [2.75, 3.05) is 56.7 Å². The van der Waals surface area contributed by atoms with E-state index in [-0.39, 0.29) is 18.2 Å². The van der Waals surface area contributed by atoms with Crippen LogP contribution in [0.4, 0.5) is 11.6 Å². The highest BCUT2D eigenvalue weighted by atomic mass is 16.5. The van der Waals surface area contributed by atoms with Gasteiger partial charge < -0.3 is 14.8 Å². The average molecular weight is 450 g/mol. The first-order valence-corrected chi connectivity index (χ1v) is 11.2. The SMILES string of the molecule is COc1ccc(NC(=O)CC2C(=O)N(CCN3CCOCC3)c3nc4ccccc4n32)cc1. The molecular weight excluding hydrogens is 422 g/mol. The number of benzene rings is 2. The van der Waals surface area contributed by atoms with Crippen LogP contribution in [0.25, 0.3) is 11.0 Å². The summed E-state index contributed by atoms with van der Waals surface area (Å²) in [5, 5.41) is 2.89. The molecule has 1 fully saturated rings. The fourth-order valence-corrected chi connectivity index (χ4v) is 4.44. The van der Waals surface area contributed by atoms with Gasteiger partial charge in [-0.15, -0.1) is 0 Å². The van der Waals surface area contributed by atoms with Crippen LogP contribution in [0.3, 0.4) is 0 Å². The van der Waals surface area contributed by atoms with Gasteiger partial charge in [0.15, 0.2) is 0 Å². The number of fused-ring (bicyclic) bond motifs is 3. The number of para-hydroxylation sites is 2. The Morgan fingerprint density at radius 3 is 2.64 bits per heavy atom. The molecule has 0 spiro atoms. The molecule has 1 atom stereocenters. The van der Waals surface area contributed by atoms with Gasteiger partial charge >= 0.3 is 0 Å². The molecule has 0 aliphatic carbocycles. The Morgan fingerprint density at radius 1 is 1.12 bits per heavy atom. The molecule has 0 radical (unpaired) electrons. The van der Waals surface area contributed by atoms with Gasteiger partial charge in [-0.05, 0) is 36.4 Å². The standard InChI is InChI=1S/C24H27N5O4/c1-32-18-8-6-17(7-9-18)25-22(30)16-21-23(31)28(11-10-27-12-14-33-15-13-27)24-26-19-4-2-3-5-20(19)29(21)24/h2-9,21H,10-16H2,1H3,(H,25,30). The smallest absolute Gasteiger partial charge is 0.253 e. The highest BCUT2D eigenvalue weighted by molar-refractivity contribution is 6.05. The highest BCUT2D eigenvalue weighted by Crippen LogP contribution is 2.36. The molecule has 1 aromatic heterocycles. The molecule has 3 aromatic rings. The molecule has 0 bridgehead atoms. The summed E-state index contributed by atoms with van der Waals surface area (Å²) in [6.45, 7) is 4.39. The van der Waals surface area contributed by atoms with E-state index in [1.54, 1.807) is 36.3 Å². The van der Waals surface area contributed by atoms with Gasteiger partial charge in [-0.25, -0.2) is 4.98 Å². The summed E-state index contributed by atoms with van der Waals surface area (Å²) < 4.78 is 12.5. The molecule has 2 amide bonds. The van der Waals surface area contributed by atoms with E-state index >= 15 is 0 Å². The number of carbonyl (C=O) groups excluding carboxylic acids is 2. The van der Waals surface area contributed by atoms with Crippen molar-refractivity contribution in [3.63, 3.8) is 0 Å². The zero-order valence-electron chi connectivity index (χ0n) is 18.6. The number of amides is 2. The third-order valence-corrected chi connectivity index (χ3v) is 6.18. The van der Waals surface area contributed by atoms with Crippen molar-refractivity contribution in [1.29, 1.82) is 0 Å². The Bertz CT molecular complexity index is 1150. The van der Waals surface area contributed by atoms with Crippen LogP contribution in [0.1, 0.15) is 12.5 Å². The van der Waals surface area contributed by atoms with Gasteiger partial charge in [0.2, 0.25) is 11.9 Å². The van der Waals surface area contributed by atoms with E-state index in [1.165, 1.54) is 0 Å². The summed E-state index contributed by atoms with van der Waals surface area (Å²) in [6, 6.07) is 14.2. The molecule has 9 heteroatoms. The minimum absolute atomic E-state index is 0.0340. The number of morpholine rings is 1. The molecule has 1 N–H and O–H groups in total. The fraction of sp³-hybridized carbons (Fsp3) is 0.375. The number of imidazole rings is 1. The lowest BCUT2D eigenvalue weighted by atomic mass is 10.1. The number of carbonyl (C=O) groups is 2. The lowest BCUT2D eigenvalue weighted by Crippen LogP contribution is -2.42. The molecule has 3 heterocycles. The zero-order chi connectivity index (χ0) is 22.8. The van der Waals surface area contributed by atoms with E-state index in [0.717, 1.165) is 30.7 Å². The number of nitrogens with zero attached hydrogens (tertiary/aromatic N) is 4. The van der Waals surface area contributed by atoms with Crippen molar-refractivity contribution < 1.29 is 19.1 Å². The summed E-state index contributed by atoms with van der Waals surface area (Å²) in [5.41, 5.74) is 2.33. The predicted molar refractivity (Wildman–Crippen MR) is 125 cm³/mol. The van der Waals surface area contributed by atoms with E-state index in [2.05, 4.69) is 10.2 Å². The predicted octanol–water partition coefficient (Wildman–Crippen LogP) is 2.29. The van der Waals surface area contributed by atoms with Crippen molar-refractivity contribution >= 4 is 34.5 Å². The maximum Gasteiger partial charge on any atom is 0.253 e. The van der Waals surface area contributed by atoms with Gasteiger partial charge in [0, 0.05) is 31.9 Å². The maximum absolute atomic E-state index is 13.4. The van der Waals surface area contributed by atoms with Crippen molar-refractivity contribution in [2.45, 2.75) is 12.5 Å². The second-order valence-corrected chi connectivity index (χ2v) is 8.21. The Morgan fingerprint density at radius 2 is 1.88 bits per heavy atom. The third-order valence-electron chi connectivity index (χ3n) is 6.18. The van der Waals surface area contributed by atoms with E-state index in [0.29, 0.717) is 37.1 Å². The number of hydrogen-bond acceptors (Lipinski definition) is 6. The Hall–Kier alpha value is -3.43. The quantitative estimate of drug-likeness (QED) is 0.596. The normalized spacial score (nSPS) is 18.5. The van der Waals surface area contributed by atoms with Crippen LogP contribution in [0.5, 0.6) is 5.75 Å². The van der Waals surface area contributed by atoms with Crippen LogP contribution < -0.4 is 15.0 Å². The zero-order valence-corrected chi connectivity index (χ0v) is 18.6. The Labute approximate surface area is 191 Å². The fourth-order valence-electron chi connectivity index (χ4n) is 4.44. The number of anilines is 2. The number of aromatic nitrogens is 2. The van der Waals surface area contributed by atoms with E-state index < -0.39 is 6.04 Å². The molecule has 0 saturated carbocycles. The summed E-state index contributed by atoms with van der Waals surface area (Å²) in [6.07, 6.45) is 0.0340. The Kier molecular flexibility index (Phi) is 5.97. The Balaban J connectivity index is 1.36. The topological polar surface area (TPSA) is 88.9 Å². The van der Waals surface area contributed by atoms with Crippen LogP contribution in [0, 0.1) is 0 Å². The van der Waals surface area contributed by atoms with E-state index in [1.807, 2.05) is 28.8 Å². The molecule has 2 aliphatic rings. The van der Waals surface area contributed by atoms with Crippen LogP contribution in [0.2, 0.25) is 0 Å². The number of ether oxygens (including phenoxy) is 2. The number of hydrogen-bond donors (Lipinski definition) is 1. The largest absolute Gasteiger partial charge is 0.497 e. The average Bonchev–Trinajstić information content (AvgIpc) is 3.33. The molecule has 5 rings (SSSR count). The summed E-state index contributed by atoms with van der Waals surface area (Å²) in [7, 11) is 1.59. The molecule has 33 heavy (non-hydrogen) atoms.